The van der Waals surface area contributed by atoms with Gasteiger partial charge < -0.3 is 10.1 Å². The third-order valence-corrected chi connectivity index (χ3v) is 4.25. The Morgan fingerprint density at radius 1 is 1.40 bits per heavy atom. The van der Waals surface area contributed by atoms with Crippen LogP contribution < -0.4 is 10.1 Å². The molecule has 0 unspecified atom stereocenters. The lowest BCUT2D eigenvalue weighted by Crippen LogP contribution is -2.14. The Balaban J connectivity index is 2.36. The predicted octanol–water partition coefficient (Wildman–Crippen LogP) is 5.10. The number of ether oxygens (including phenoxy) is 1. The number of halogens is 3. The number of aryl methyl sites for hydroxylation is 1. The molecule has 4 nitrogen and oxygen atoms in total. The first-order valence-corrected chi connectivity index (χ1v) is 8.25. The minimum atomic E-state index is -0.679. The van der Waals surface area contributed by atoms with E-state index in [0.29, 0.717) is 20.9 Å². The van der Waals surface area contributed by atoms with Gasteiger partial charge in [0.05, 0.1) is 12.8 Å². The van der Waals surface area contributed by atoms with Crippen LogP contribution in [0.1, 0.15) is 11.1 Å². The summed E-state index contributed by atoms with van der Waals surface area (Å²) >= 11 is 9.25. The van der Waals surface area contributed by atoms with E-state index in [-0.39, 0.29) is 11.1 Å². The van der Waals surface area contributed by atoms with Crippen LogP contribution in [0.3, 0.4) is 0 Å². The van der Waals surface area contributed by atoms with Gasteiger partial charge in [-0.1, -0.05) is 27.5 Å². The molecule has 7 heteroatoms. The SMILES string of the molecule is COc1cc(Cl)c(C)cc1NC(=O)/C(C#N)=C/c1cc(Br)ccc1F. The molecular formula is C18H13BrClFN2O2. The molecule has 0 aliphatic heterocycles. The third kappa shape index (κ3) is 4.59. The van der Waals surface area contributed by atoms with E-state index in [0.717, 1.165) is 5.56 Å². The second-order valence-electron chi connectivity index (χ2n) is 5.09. The van der Waals surface area contributed by atoms with Crippen molar-refractivity contribution in [3.8, 4) is 11.8 Å². The van der Waals surface area contributed by atoms with Gasteiger partial charge in [0, 0.05) is 21.1 Å². The summed E-state index contributed by atoms with van der Waals surface area (Å²) in [6, 6.07) is 9.23. The van der Waals surface area contributed by atoms with Gasteiger partial charge in [0.1, 0.15) is 23.2 Å². The molecule has 128 valence electrons. The Morgan fingerprint density at radius 3 is 2.76 bits per heavy atom. The van der Waals surface area contributed by atoms with Crippen molar-refractivity contribution in [2.45, 2.75) is 6.92 Å². The zero-order valence-corrected chi connectivity index (χ0v) is 15.7. The van der Waals surface area contributed by atoms with Gasteiger partial charge in [-0.15, -0.1) is 0 Å². The molecule has 0 aromatic heterocycles. The fraction of sp³-hybridized carbons (Fsp3) is 0.111. The van der Waals surface area contributed by atoms with Crippen molar-refractivity contribution >= 4 is 45.2 Å². The average molecular weight is 424 g/mol. The summed E-state index contributed by atoms with van der Waals surface area (Å²) in [5.41, 5.74) is 0.982. The number of carbonyl (C=O) groups excluding carboxylic acids is 1. The second-order valence-corrected chi connectivity index (χ2v) is 6.41. The molecule has 0 saturated heterocycles. The number of amides is 1. The molecule has 2 aromatic carbocycles. The highest BCUT2D eigenvalue weighted by Gasteiger charge is 2.15. The average Bonchev–Trinajstić information content (AvgIpc) is 2.58. The van der Waals surface area contributed by atoms with Crippen LogP contribution in [0.5, 0.6) is 5.75 Å². The van der Waals surface area contributed by atoms with Crippen molar-refractivity contribution in [3.63, 3.8) is 0 Å². The first kappa shape index (κ1) is 19.0. The molecule has 2 aromatic rings. The number of nitrogens with one attached hydrogen (secondary N) is 1. The van der Waals surface area contributed by atoms with Gasteiger partial charge >= 0.3 is 0 Å². The zero-order chi connectivity index (χ0) is 18.6. The van der Waals surface area contributed by atoms with E-state index in [1.54, 1.807) is 25.1 Å². The molecule has 0 spiro atoms. The fourth-order valence-corrected chi connectivity index (χ4v) is 2.58. The highest BCUT2D eigenvalue weighted by atomic mass is 79.9. The maximum Gasteiger partial charge on any atom is 0.266 e. The molecule has 0 radical (unpaired) electrons. The molecule has 0 fully saturated rings. The number of nitriles is 1. The fourth-order valence-electron chi connectivity index (χ4n) is 2.05. The Labute approximate surface area is 158 Å². The monoisotopic (exact) mass is 422 g/mol. The molecule has 0 aliphatic carbocycles. The number of benzene rings is 2. The van der Waals surface area contributed by atoms with Crippen molar-refractivity contribution < 1.29 is 13.9 Å². The maximum absolute atomic E-state index is 13.8. The Bertz CT molecular complexity index is 907. The minimum absolute atomic E-state index is 0.125. The normalized spacial score (nSPS) is 11.0. The standard InChI is InChI=1S/C18H13BrClFN2O2/c1-10-5-16(17(25-2)8-14(10)20)23-18(24)12(9-22)6-11-7-13(19)3-4-15(11)21/h3-8H,1-2H3,(H,23,24)/b12-6+. The van der Waals surface area contributed by atoms with Crippen LogP contribution in [0.15, 0.2) is 40.4 Å². The van der Waals surface area contributed by atoms with Crippen molar-refractivity contribution in [1.29, 1.82) is 5.26 Å². The Kier molecular flexibility index (Phi) is 6.18. The molecule has 0 heterocycles. The van der Waals surface area contributed by atoms with E-state index in [9.17, 15) is 14.4 Å². The topological polar surface area (TPSA) is 62.1 Å². The first-order chi connectivity index (χ1) is 11.8. The number of methoxy groups -OCH3 is 1. The maximum atomic E-state index is 13.8. The molecule has 0 atom stereocenters. The van der Waals surface area contributed by atoms with E-state index >= 15 is 0 Å². The summed E-state index contributed by atoms with van der Waals surface area (Å²) in [6.45, 7) is 1.77. The summed E-state index contributed by atoms with van der Waals surface area (Å²) in [5.74, 6) is -0.861. The van der Waals surface area contributed by atoms with Gasteiger partial charge in [-0.2, -0.15) is 5.26 Å². The van der Waals surface area contributed by atoms with Crippen molar-refractivity contribution in [1.82, 2.24) is 0 Å². The van der Waals surface area contributed by atoms with Crippen LogP contribution in [0.25, 0.3) is 6.08 Å². The molecule has 0 saturated carbocycles. The molecule has 1 amide bonds. The summed E-state index contributed by atoms with van der Waals surface area (Å²) < 4.78 is 19.6. The zero-order valence-electron chi connectivity index (χ0n) is 13.4. The van der Waals surface area contributed by atoms with E-state index in [1.165, 1.54) is 31.4 Å². The first-order valence-electron chi connectivity index (χ1n) is 7.08. The number of rotatable bonds is 4. The van der Waals surface area contributed by atoms with Crippen molar-refractivity contribution in [3.05, 3.63) is 62.3 Å². The van der Waals surface area contributed by atoms with Crippen LogP contribution in [0.4, 0.5) is 10.1 Å². The second kappa shape index (κ2) is 8.15. The largest absolute Gasteiger partial charge is 0.495 e. The van der Waals surface area contributed by atoms with Crippen LogP contribution in [-0.2, 0) is 4.79 Å². The van der Waals surface area contributed by atoms with Gasteiger partial charge in [0.15, 0.2) is 0 Å². The molecule has 0 bridgehead atoms. The van der Waals surface area contributed by atoms with Crippen LogP contribution in [0, 0.1) is 24.1 Å². The molecule has 25 heavy (non-hydrogen) atoms. The number of hydrogen-bond acceptors (Lipinski definition) is 3. The smallest absolute Gasteiger partial charge is 0.266 e. The lowest BCUT2D eigenvalue weighted by Gasteiger charge is -2.12. The van der Waals surface area contributed by atoms with Gasteiger partial charge in [-0.3, -0.25) is 4.79 Å². The highest BCUT2D eigenvalue weighted by Crippen LogP contribution is 2.31. The van der Waals surface area contributed by atoms with Crippen LogP contribution in [-0.4, -0.2) is 13.0 Å². The third-order valence-electron chi connectivity index (χ3n) is 3.35. The van der Waals surface area contributed by atoms with E-state index in [2.05, 4.69) is 21.2 Å². The van der Waals surface area contributed by atoms with Gasteiger partial charge in [-0.05, 0) is 42.8 Å². The van der Waals surface area contributed by atoms with E-state index in [1.807, 2.05) is 0 Å². The quantitative estimate of drug-likeness (QED) is 0.549. The highest BCUT2D eigenvalue weighted by molar-refractivity contribution is 9.10. The number of carbonyl (C=O) groups is 1. The number of hydrogen-bond donors (Lipinski definition) is 1. The molecular weight excluding hydrogens is 411 g/mol. The lowest BCUT2D eigenvalue weighted by atomic mass is 10.1. The molecule has 2 rings (SSSR count). The van der Waals surface area contributed by atoms with Crippen LogP contribution >= 0.6 is 27.5 Å². The Hall–Kier alpha value is -2.36. The summed E-state index contributed by atoms with van der Waals surface area (Å²) in [5, 5.41) is 12.3. The van der Waals surface area contributed by atoms with Gasteiger partial charge in [-0.25, -0.2) is 4.39 Å². The number of anilines is 1. The molecule has 0 aliphatic rings. The van der Waals surface area contributed by atoms with Crippen molar-refractivity contribution in [2.75, 3.05) is 12.4 Å². The number of nitrogens with zero attached hydrogens (tertiary/aromatic N) is 1. The van der Waals surface area contributed by atoms with E-state index in [4.69, 9.17) is 16.3 Å². The van der Waals surface area contributed by atoms with Gasteiger partial charge in [0.25, 0.3) is 5.91 Å². The summed E-state index contributed by atoms with van der Waals surface area (Å²) in [6.07, 6.45) is 1.19. The molecule has 1 N–H and O–H groups in total. The van der Waals surface area contributed by atoms with E-state index < -0.39 is 11.7 Å². The Morgan fingerprint density at radius 2 is 2.12 bits per heavy atom. The lowest BCUT2D eigenvalue weighted by molar-refractivity contribution is -0.112. The summed E-state index contributed by atoms with van der Waals surface area (Å²) in [7, 11) is 1.44. The van der Waals surface area contributed by atoms with Crippen molar-refractivity contribution in [2.24, 2.45) is 0 Å². The summed E-state index contributed by atoms with van der Waals surface area (Å²) in [4.78, 5) is 12.4. The predicted molar refractivity (Wildman–Crippen MR) is 99.1 cm³/mol. The van der Waals surface area contributed by atoms with Crippen LogP contribution in [0.2, 0.25) is 5.02 Å². The van der Waals surface area contributed by atoms with Gasteiger partial charge in [0.2, 0.25) is 0 Å². The minimum Gasteiger partial charge on any atom is -0.495 e.